The number of rotatable bonds is 13. The molecule has 0 aliphatic carbocycles. The molecule has 3 heterocycles. The number of nitrogens with two attached hydrogens (primary N) is 1. The van der Waals surface area contributed by atoms with Crippen molar-refractivity contribution >= 4 is 27.3 Å². The van der Waals surface area contributed by atoms with Crippen molar-refractivity contribution in [3.63, 3.8) is 0 Å². The Hall–Kier alpha value is -3.34. The zero-order valence-electron chi connectivity index (χ0n) is 23.5. The van der Waals surface area contributed by atoms with E-state index in [1.54, 1.807) is 17.7 Å². The van der Waals surface area contributed by atoms with Gasteiger partial charge in [-0.2, -0.15) is 4.31 Å². The fourth-order valence-corrected chi connectivity index (χ4v) is 6.49. The van der Waals surface area contributed by atoms with Crippen molar-refractivity contribution in [3.05, 3.63) is 45.0 Å². The van der Waals surface area contributed by atoms with E-state index in [9.17, 15) is 23.6 Å². The van der Waals surface area contributed by atoms with Gasteiger partial charge in [-0.1, -0.05) is 25.4 Å². The minimum atomic E-state index is -3.86. The molecule has 3 aromatic rings. The van der Waals surface area contributed by atoms with Crippen LogP contribution in [0.15, 0.2) is 33.0 Å². The predicted molar refractivity (Wildman–Crippen MR) is 152 cm³/mol. The number of ether oxygens (including phenoxy) is 1. The molecule has 0 radical (unpaired) electrons. The first-order chi connectivity index (χ1) is 19.8. The molecule has 224 valence electrons. The van der Waals surface area contributed by atoms with E-state index in [4.69, 9.17) is 14.6 Å². The smallest absolute Gasteiger partial charge is 0.275 e. The van der Waals surface area contributed by atoms with E-state index >= 15 is 0 Å². The highest BCUT2D eigenvalue weighted by Gasteiger charge is 2.30. The topological polar surface area (TPSA) is 182 Å². The van der Waals surface area contributed by atoms with Gasteiger partial charge in [0.15, 0.2) is 0 Å². The van der Waals surface area contributed by atoms with Crippen molar-refractivity contribution in [2.45, 2.75) is 38.0 Å². The average Bonchev–Trinajstić information content (AvgIpc) is 3.23. The first-order valence-electron chi connectivity index (χ1n) is 13.6. The van der Waals surface area contributed by atoms with Crippen LogP contribution in [0.3, 0.4) is 0 Å². The van der Waals surface area contributed by atoms with Crippen molar-refractivity contribution in [2.24, 2.45) is 12.2 Å². The molecule has 1 aromatic carbocycles. The van der Waals surface area contributed by atoms with Gasteiger partial charge in [0.1, 0.15) is 29.2 Å². The third-order valence-corrected chi connectivity index (χ3v) is 8.99. The van der Waals surface area contributed by atoms with Gasteiger partial charge in [0.05, 0.1) is 29.0 Å². The summed E-state index contributed by atoms with van der Waals surface area (Å²) in [6.45, 7) is 6.72. The van der Waals surface area contributed by atoms with Gasteiger partial charge in [-0.25, -0.2) is 23.9 Å². The Labute approximate surface area is 238 Å². The molecule has 0 atom stereocenters. The largest absolute Gasteiger partial charge is 0.601 e. The SMILES string of the molecule is CCCOc1ccc(S(=O)(=O)N2CCN(CCO[NH2+][O-])CC2)cc1-c1nc2c(CCC)c(/C=N/O)n(C)c2c(=O)[nH]1. The first-order valence-corrected chi connectivity index (χ1v) is 15.0. The van der Waals surface area contributed by atoms with Gasteiger partial charge in [0.2, 0.25) is 10.0 Å². The summed E-state index contributed by atoms with van der Waals surface area (Å²) < 4.78 is 36.3. The van der Waals surface area contributed by atoms with E-state index in [-0.39, 0.29) is 30.4 Å². The Kier molecular flexibility index (Phi) is 10.1. The van der Waals surface area contributed by atoms with Gasteiger partial charge in [0.25, 0.3) is 5.56 Å². The Balaban J connectivity index is 1.76. The van der Waals surface area contributed by atoms with Crippen LogP contribution in [0.25, 0.3) is 22.4 Å². The van der Waals surface area contributed by atoms with Crippen LogP contribution in [0, 0.1) is 5.21 Å². The number of sulfonamides is 1. The summed E-state index contributed by atoms with van der Waals surface area (Å²) >= 11 is 0. The monoisotopic (exact) mass is 591 g/mol. The fourth-order valence-electron chi connectivity index (χ4n) is 5.04. The maximum absolute atomic E-state index is 13.7. The minimum absolute atomic E-state index is 0.0618. The third-order valence-electron chi connectivity index (χ3n) is 7.10. The van der Waals surface area contributed by atoms with Crippen LogP contribution in [-0.4, -0.2) is 89.5 Å². The number of nitrogens with one attached hydrogen (secondary N) is 1. The van der Waals surface area contributed by atoms with E-state index in [0.29, 0.717) is 66.3 Å². The van der Waals surface area contributed by atoms with Crippen LogP contribution in [0.1, 0.15) is 37.9 Å². The molecule has 0 spiro atoms. The van der Waals surface area contributed by atoms with Crippen LogP contribution in [0.4, 0.5) is 0 Å². The molecule has 0 amide bonds. The maximum Gasteiger partial charge on any atom is 0.275 e. The Morgan fingerprint density at radius 2 is 1.95 bits per heavy atom. The molecule has 0 unspecified atom stereocenters. The third kappa shape index (κ3) is 6.45. The molecule has 41 heavy (non-hydrogen) atoms. The molecule has 0 saturated carbocycles. The zero-order valence-corrected chi connectivity index (χ0v) is 24.3. The van der Waals surface area contributed by atoms with Gasteiger partial charge in [-0.3, -0.25) is 9.69 Å². The van der Waals surface area contributed by atoms with E-state index in [0.717, 1.165) is 18.4 Å². The molecule has 0 bridgehead atoms. The van der Waals surface area contributed by atoms with Gasteiger partial charge >= 0.3 is 0 Å². The number of fused-ring (bicyclic) bond motifs is 1. The van der Waals surface area contributed by atoms with Crippen molar-refractivity contribution in [3.8, 4) is 17.1 Å². The lowest BCUT2D eigenvalue weighted by molar-refractivity contribution is -0.850. The number of hydrogen-bond acceptors (Lipinski definition) is 10. The lowest BCUT2D eigenvalue weighted by Gasteiger charge is -2.33. The summed E-state index contributed by atoms with van der Waals surface area (Å²) in [6.07, 6.45) is 3.37. The number of oxime groups is 1. The second-order valence-electron chi connectivity index (χ2n) is 9.75. The number of quaternary nitrogens is 1. The first kappa shape index (κ1) is 30.6. The standard InChI is InChI=1S/C26H37N7O7S/c1-4-6-19-21(17-27-35)31(3)24-23(19)28-25(29-26(24)34)20-16-18(7-8-22(20)39-14-5-2)41(37,38)33-11-9-32(10-12-33)13-15-40-30-36/h7-8,16-17,35H,4-6,9-15,30H2,1-3H3,(H,28,29,34)/b27-17+. The lowest BCUT2D eigenvalue weighted by Crippen LogP contribution is -2.76. The van der Waals surface area contributed by atoms with Crippen LogP contribution >= 0.6 is 0 Å². The van der Waals surface area contributed by atoms with Crippen molar-refractivity contribution in [2.75, 3.05) is 45.9 Å². The summed E-state index contributed by atoms with van der Waals surface area (Å²) in [4.78, 5) is 27.8. The quantitative estimate of drug-likeness (QED) is 0.112. The molecule has 14 nitrogen and oxygen atoms in total. The van der Waals surface area contributed by atoms with Crippen LogP contribution in [-0.2, 0) is 28.3 Å². The highest BCUT2D eigenvalue weighted by atomic mass is 32.2. The number of hydrogen-bond donors (Lipinski definition) is 3. The van der Waals surface area contributed by atoms with Crippen LogP contribution in [0.2, 0.25) is 0 Å². The number of H-pyrrole nitrogens is 1. The van der Waals surface area contributed by atoms with Gasteiger partial charge in [-0.15, -0.1) is 0 Å². The van der Waals surface area contributed by atoms with Crippen LogP contribution < -0.4 is 15.9 Å². The lowest BCUT2D eigenvalue weighted by atomic mass is 10.1. The van der Waals surface area contributed by atoms with Gasteiger partial charge in [-0.05, 0) is 31.0 Å². The molecule has 4 rings (SSSR count). The van der Waals surface area contributed by atoms with Gasteiger partial charge < -0.3 is 24.7 Å². The average molecular weight is 592 g/mol. The molecular formula is C26H37N7O7S. The Morgan fingerprint density at radius 1 is 1.20 bits per heavy atom. The number of aromatic nitrogens is 3. The highest BCUT2D eigenvalue weighted by molar-refractivity contribution is 7.89. The van der Waals surface area contributed by atoms with Crippen molar-refractivity contribution in [1.82, 2.24) is 23.7 Å². The Morgan fingerprint density at radius 3 is 2.61 bits per heavy atom. The van der Waals surface area contributed by atoms with Crippen molar-refractivity contribution in [1.29, 1.82) is 0 Å². The molecule has 1 fully saturated rings. The highest BCUT2D eigenvalue weighted by Crippen LogP contribution is 2.33. The summed E-state index contributed by atoms with van der Waals surface area (Å²) in [5.41, 5.74) is 2.44. The molecule has 15 heteroatoms. The summed E-state index contributed by atoms with van der Waals surface area (Å²) in [7, 11) is -2.16. The Bertz CT molecular complexity index is 1540. The number of piperazine rings is 1. The molecule has 1 saturated heterocycles. The van der Waals surface area contributed by atoms with Gasteiger partial charge in [0, 0.05) is 45.3 Å². The molecule has 2 aromatic heterocycles. The molecule has 4 N–H and O–H groups in total. The summed E-state index contributed by atoms with van der Waals surface area (Å²) in [5, 5.41) is 22.8. The molecule has 1 aliphatic heterocycles. The normalized spacial score (nSPS) is 15.3. The number of nitrogens with zero attached hydrogens (tertiary/aromatic N) is 5. The molecule has 1 aliphatic rings. The maximum atomic E-state index is 13.7. The number of aromatic amines is 1. The van der Waals surface area contributed by atoms with Crippen LogP contribution in [0.5, 0.6) is 5.75 Å². The van der Waals surface area contributed by atoms with E-state index in [2.05, 4.69) is 10.1 Å². The zero-order chi connectivity index (χ0) is 29.6. The van der Waals surface area contributed by atoms with E-state index in [1.807, 2.05) is 18.7 Å². The summed E-state index contributed by atoms with van der Waals surface area (Å²) in [6, 6.07) is 4.59. The second-order valence-corrected chi connectivity index (χ2v) is 11.7. The molecular weight excluding hydrogens is 554 g/mol. The van der Waals surface area contributed by atoms with Crippen molar-refractivity contribution < 1.29 is 28.8 Å². The predicted octanol–water partition coefficient (Wildman–Crippen LogP) is 0.777. The number of aryl methyl sites for hydroxylation is 2. The fraction of sp³-hybridized carbons (Fsp3) is 0.500. The minimum Gasteiger partial charge on any atom is -0.601 e. The second kappa shape index (κ2) is 13.5. The van der Waals surface area contributed by atoms with E-state index in [1.165, 1.54) is 22.7 Å². The number of benzene rings is 1. The van der Waals surface area contributed by atoms with E-state index < -0.39 is 15.6 Å². The summed E-state index contributed by atoms with van der Waals surface area (Å²) in [5.74, 6) is 0.583.